The highest BCUT2D eigenvalue weighted by molar-refractivity contribution is 8.00. The van der Waals surface area contributed by atoms with Crippen molar-refractivity contribution in [2.45, 2.75) is 56.6 Å². The van der Waals surface area contributed by atoms with Crippen molar-refractivity contribution in [2.75, 3.05) is 7.05 Å². The number of hydrogen-bond donors (Lipinski definition) is 1. The summed E-state index contributed by atoms with van der Waals surface area (Å²) in [6.07, 6.45) is 4.19. The van der Waals surface area contributed by atoms with Crippen LogP contribution in [0.3, 0.4) is 0 Å². The Balaban J connectivity index is 2.34. The summed E-state index contributed by atoms with van der Waals surface area (Å²) >= 11 is 2.19. The van der Waals surface area contributed by atoms with Gasteiger partial charge in [-0.2, -0.15) is 11.8 Å². The Morgan fingerprint density at radius 1 is 1.23 bits per heavy atom. The van der Waals surface area contributed by atoms with Crippen LogP contribution in [0.4, 0.5) is 0 Å². The second kappa shape index (κ2) is 5.26. The van der Waals surface area contributed by atoms with E-state index in [2.05, 4.69) is 44.9 Å². The van der Waals surface area contributed by atoms with E-state index in [0.29, 0.717) is 0 Å². The average molecular weight is 201 g/mol. The van der Waals surface area contributed by atoms with Gasteiger partial charge >= 0.3 is 0 Å². The molecule has 13 heavy (non-hydrogen) atoms. The van der Waals surface area contributed by atoms with E-state index in [1.54, 1.807) is 0 Å². The topological polar surface area (TPSA) is 12.0 Å². The Labute approximate surface area is 87.1 Å². The molecule has 2 heteroatoms. The van der Waals surface area contributed by atoms with Crippen molar-refractivity contribution < 1.29 is 0 Å². The maximum absolute atomic E-state index is 3.44. The van der Waals surface area contributed by atoms with Crippen LogP contribution >= 0.6 is 11.8 Å². The Bertz CT molecular complexity index is 147. The second-order valence-corrected chi connectivity index (χ2v) is 6.07. The molecule has 0 radical (unpaired) electrons. The van der Waals surface area contributed by atoms with Gasteiger partial charge in [0.15, 0.2) is 0 Å². The molecule has 3 atom stereocenters. The van der Waals surface area contributed by atoms with Crippen molar-refractivity contribution in [2.24, 2.45) is 5.92 Å². The van der Waals surface area contributed by atoms with E-state index in [4.69, 9.17) is 0 Å². The first-order valence-electron chi connectivity index (χ1n) is 5.48. The van der Waals surface area contributed by atoms with Crippen LogP contribution < -0.4 is 5.32 Å². The van der Waals surface area contributed by atoms with Crippen molar-refractivity contribution in [1.82, 2.24) is 5.32 Å². The molecule has 78 valence electrons. The summed E-state index contributed by atoms with van der Waals surface area (Å²) < 4.78 is 0. The monoisotopic (exact) mass is 201 g/mol. The van der Waals surface area contributed by atoms with E-state index >= 15 is 0 Å². The van der Waals surface area contributed by atoms with Gasteiger partial charge in [-0.15, -0.1) is 0 Å². The zero-order valence-electron chi connectivity index (χ0n) is 9.34. The molecule has 1 fully saturated rings. The van der Waals surface area contributed by atoms with Gasteiger partial charge in [-0.1, -0.05) is 27.2 Å². The molecule has 0 bridgehead atoms. The lowest BCUT2D eigenvalue weighted by atomic mass is 10.2. The Hall–Kier alpha value is 0.310. The van der Waals surface area contributed by atoms with E-state index in [1.807, 2.05) is 0 Å². The quantitative estimate of drug-likeness (QED) is 0.750. The van der Waals surface area contributed by atoms with Crippen LogP contribution in [0.2, 0.25) is 0 Å². The summed E-state index contributed by atoms with van der Waals surface area (Å²) in [5.74, 6) is 0.808. The van der Waals surface area contributed by atoms with Gasteiger partial charge < -0.3 is 5.32 Å². The molecule has 0 aliphatic heterocycles. The third kappa shape index (κ3) is 3.17. The van der Waals surface area contributed by atoms with Gasteiger partial charge in [0.05, 0.1) is 0 Å². The summed E-state index contributed by atoms with van der Waals surface area (Å²) in [4.78, 5) is 0. The molecule has 1 saturated carbocycles. The van der Waals surface area contributed by atoms with Gasteiger partial charge in [0.1, 0.15) is 0 Å². The smallest absolute Gasteiger partial charge is 0.0203 e. The molecule has 1 aliphatic rings. The number of thioether (sulfide) groups is 1. The minimum Gasteiger partial charge on any atom is -0.316 e. The summed E-state index contributed by atoms with van der Waals surface area (Å²) in [7, 11) is 2.10. The summed E-state index contributed by atoms with van der Waals surface area (Å²) in [6.45, 7) is 7.00. The molecule has 0 spiro atoms. The third-order valence-corrected chi connectivity index (χ3v) is 5.04. The molecule has 1 nitrogen and oxygen atoms in total. The highest BCUT2D eigenvalue weighted by atomic mass is 32.2. The number of nitrogens with one attached hydrogen (secondary N) is 1. The van der Waals surface area contributed by atoms with E-state index in [0.717, 1.165) is 22.5 Å². The lowest BCUT2D eigenvalue weighted by Gasteiger charge is -2.24. The van der Waals surface area contributed by atoms with Crippen LogP contribution in [0.25, 0.3) is 0 Å². The van der Waals surface area contributed by atoms with Crippen LogP contribution in [-0.4, -0.2) is 23.6 Å². The summed E-state index contributed by atoms with van der Waals surface area (Å²) in [5.41, 5.74) is 0. The van der Waals surface area contributed by atoms with Gasteiger partial charge in [-0.3, -0.25) is 0 Å². The predicted octanol–water partition coefficient (Wildman–Crippen LogP) is 2.90. The van der Waals surface area contributed by atoms with E-state index in [-0.39, 0.29) is 0 Å². The fraction of sp³-hybridized carbons (Fsp3) is 1.00. The van der Waals surface area contributed by atoms with E-state index in [1.165, 1.54) is 19.3 Å². The van der Waals surface area contributed by atoms with E-state index < -0.39 is 0 Å². The van der Waals surface area contributed by atoms with Crippen LogP contribution in [0.15, 0.2) is 0 Å². The molecule has 1 N–H and O–H groups in total. The van der Waals surface area contributed by atoms with Crippen molar-refractivity contribution in [3.8, 4) is 0 Å². The predicted molar refractivity (Wildman–Crippen MR) is 62.4 cm³/mol. The maximum Gasteiger partial charge on any atom is 0.0203 e. The Morgan fingerprint density at radius 3 is 2.46 bits per heavy atom. The van der Waals surface area contributed by atoms with Crippen molar-refractivity contribution >= 4 is 11.8 Å². The minimum absolute atomic E-state index is 0.770. The standard InChI is InChI=1S/C11H23NS/c1-8(2)9(3)13-11-7-5-6-10(11)12-4/h8-12H,5-7H2,1-4H3. The Morgan fingerprint density at radius 2 is 1.92 bits per heavy atom. The summed E-state index contributed by atoms with van der Waals surface area (Å²) in [6, 6.07) is 0.770. The van der Waals surface area contributed by atoms with Gasteiger partial charge in [0.2, 0.25) is 0 Å². The molecule has 0 amide bonds. The van der Waals surface area contributed by atoms with Crippen molar-refractivity contribution in [3.05, 3.63) is 0 Å². The SMILES string of the molecule is CNC1CCCC1SC(C)C(C)C. The highest BCUT2D eigenvalue weighted by Gasteiger charge is 2.28. The molecule has 0 saturated heterocycles. The molecule has 1 rings (SSSR count). The zero-order valence-corrected chi connectivity index (χ0v) is 10.2. The van der Waals surface area contributed by atoms with Crippen molar-refractivity contribution in [1.29, 1.82) is 0 Å². The third-order valence-electron chi connectivity index (χ3n) is 3.15. The molecule has 0 aromatic carbocycles. The van der Waals surface area contributed by atoms with Gasteiger partial charge in [0.25, 0.3) is 0 Å². The lowest BCUT2D eigenvalue weighted by molar-refractivity contribution is 0.583. The normalized spacial score (nSPS) is 31.2. The van der Waals surface area contributed by atoms with Crippen LogP contribution in [-0.2, 0) is 0 Å². The Kier molecular flexibility index (Phi) is 4.60. The molecular formula is C11H23NS. The molecule has 0 aromatic rings. The molecule has 0 heterocycles. The van der Waals surface area contributed by atoms with Gasteiger partial charge in [0, 0.05) is 16.5 Å². The van der Waals surface area contributed by atoms with Crippen LogP contribution in [0, 0.1) is 5.92 Å². The lowest BCUT2D eigenvalue weighted by Crippen LogP contribution is -2.32. The average Bonchev–Trinajstić information content (AvgIpc) is 2.51. The number of hydrogen-bond acceptors (Lipinski definition) is 2. The largest absolute Gasteiger partial charge is 0.316 e. The van der Waals surface area contributed by atoms with Crippen LogP contribution in [0.5, 0.6) is 0 Å². The molecule has 1 aliphatic carbocycles. The summed E-state index contributed by atoms with van der Waals surface area (Å²) in [5, 5.41) is 5.11. The first-order chi connectivity index (χ1) is 6.15. The van der Waals surface area contributed by atoms with Gasteiger partial charge in [-0.05, 0) is 25.8 Å². The van der Waals surface area contributed by atoms with Gasteiger partial charge in [-0.25, -0.2) is 0 Å². The fourth-order valence-electron chi connectivity index (χ4n) is 1.85. The second-order valence-electron chi connectivity index (χ2n) is 4.45. The highest BCUT2D eigenvalue weighted by Crippen LogP contribution is 2.34. The first-order valence-corrected chi connectivity index (χ1v) is 6.42. The van der Waals surface area contributed by atoms with Crippen LogP contribution in [0.1, 0.15) is 40.0 Å². The minimum atomic E-state index is 0.770. The number of rotatable bonds is 4. The zero-order chi connectivity index (χ0) is 9.84. The fourth-order valence-corrected chi connectivity index (χ4v) is 3.48. The molecule has 3 unspecified atom stereocenters. The first kappa shape index (κ1) is 11.4. The maximum atomic E-state index is 3.44. The van der Waals surface area contributed by atoms with E-state index in [9.17, 15) is 0 Å². The van der Waals surface area contributed by atoms with Crippen molar-refractivity contribution in [3.63, 3.8) is 0 Å². The molecule has 0 aromatic heterocycles. The molecular weight excluding hydrogens is 178 g/mol.